The van der Waals surface area contributed by atoms with Crippen molar-refractivity contribution in [2.75, 3.05) is 18.9 Å². The normalized spacial score (nSPS) is 15.1. The minimum atomic E-state index is -1.17. The van der Waals surface area contributed by atoms with Crippen LogP contribution in [0.3, 0.4) is 0 Å². The van der Waals surface area contributed by atoms with Gasteiger partial charge in [0.1, 0.15) is 22.3 Å². The number of anilines is 1. The number of fused-ring (bicyclic) bond motifs is 1. The third-order valence-corrected chi connectivity index (χ3v) is 5.19. The third-order valence-electron chi connectivity index (χ3n) is 5.19. The van der Waals surface area contributed by atoms with Crippen molar-refractivity contribution in [1.82, 2.24) is 24.8 Å². The van der Waals surface area contributed by atoms with Crippen molar-refractivity contribution in [3.63, 3.8) is 0 Å². The molecule has 1 fully saturated rings. The summed E-state index contributed by atoms with van der Waals surface area (Å²) in [5.41, 5.74) is 12.7. The summed E-state index contributed by atoms with van der Waals surface area (Å²) in [5, 5.41) is 17.5. The van der Waals surface area contributed by atoms with E-state index in [4.69, 9.17) is 25.8 Å². The summed E-state index contributed by atoms with van der Waals surface area (Å²) in [6, 6.07) is 0. The highest BCUT2D eigenvalue weighted by molar-refractivity contribution is 5.89. The molecular weight excluding hydrogens is 386 g/mol. The highest BCUT2D eigenvalue weighted by Gasteiger charge is 2.42. The van der Waals surface area contributed by atoms with Crippen LogP contribution in [0.2, 0.25) is 0 Å². The largest absolute Gasteiger partial charge is 0.489 e. The molecule has 3 aromatic rings. The first-order valence-electron chi connectivity index (χ1n) is 9.83. The van der Waals surface area contributed by atoms with Gasteiger partial charge in [-0.05, 0) is 49.8 Å². The Labute approximate surface area is 173 Å². The Morgan fingerprint density at radius 2 is 2.13 bits per heavy atom. The van der Waals surface area contributed by atoms with Crippen molar-refractivity contribution in [3.05, 3.63) is 11.9 Å². The lowest BCUT2D eigenvalue weighted by Crippen LogP contribution is -2.23. The topological polar surface area (TPSA) is 151 Å². The standard InChI is InChI=1S/C20H25N7O3/c1-4-27-16-13(29-11-20(10-21)7-8-20)9-23-12(5-6-19(2,3)28)14(16)24-18(27)15-17(22)26-30-25-15/h9,28H,4,7-8,10-11,21H2,1-3H3,(H2,22,26). The van der Waals surface area contributed by atoms with Crippen LogP contribution in [0.1, 0.15) is 39.3 Å². The number of aliphatic hydroxyl groups is 1. The summed E-state index contributed by atoms with van der Waals surface area (Å²) >= 11 is 0. The fraction of sp³-hybridized carbons (Fsp3) is 0.500. The van der Waals surface area contributed by atoms with Gasteiger partial charge < -0.3 is 25.9 Å². The number of pyridine rings is 1. The number of hydrogen-bond donors (Lipinski definition) is 3. The molecule has 0 unspecified atom stereocenters. The predicted molar refractivity (Wildman–Crippen MR) is 110 cm³/mol. The molecule has 0 aliphatic heterocycles. The molecule has 10 heteroatoms. The molecule has 3 aromatic heterocycles. The van der Waals surface area contributed by atoms with Crippen LogP contribution in [0, 0.1) is 17.3 Å². The summed E-state index contributed by atoms with van der Waals surface area (Å²) in [6.07, 6.45) is 3.73. The van der Waals surface area contributed by atoms with Crippen molar-refractivity contribution < 1.29 is 14.5 Å². The van der Waals surface area contributed by atoms with Crippen molar-refractivity contribution in [2.24, 2.45) is 11.1 Å². The molecule has 0 spiro atoms. The molecule has 0 atom stereocenters. The second-order valence-corrected chi connectivity index (χ2v) is 8.15. The molecule has 1 aliphatic rings. The Bertz CT molecular complexity index is 1140. The third kappa shape index (κ3) is 3.69. The van der Waals surface area contributed by atoms with Gasteiger partial charge in [0.25, 0.3) is 0 Å². The molecule has 3 heterocycles. The lowest BCUT2D eigenvalue weighted by Gasteiger charge is -2.15. The number of hydrogen-bond acceptors (Lipinski definition) is 9. The fourth-order valence-corrected chi connectivity index (χ4v) is 3.18. The van der Waals surface area contributed by atoms with Gasteiger partial charge in [-0.3, -0.25) is 0 Å². The minimum absolute atomic E-state index is 0.0338. The zero-order valence-electron chi connectivity index (χ0n) is 17.3. The lowest BCUT2D eigenvalue weighted by molar-refractivity contribution is 0.143. The SMILES string of the molecule is CCn1c(-c2nonc2N)nc2c(C#CC(C)(C)O)ncc(OCC3(CN)CC3)c21. The highest BCUT2D eigenvalue weighted by Crippen LogP contribution is 2.45. The zero-order valence-corrected chi connectivity index (χ0v) is 17.3. The fourth-order valence-electron chi connectivity index (χ4n) is 3.18. The number of rotatable bonds is 6. The molecule has 0 bridgehead atoms. The molecular formula is C20H25N7O3. The average molecular weight is 411 g/mol. The average Bonchev–Trinajstić information content (AvgIpc) is 3.20. The number of aromatic nitrogens is 5. The maximum Gasteiger partial charge on any atom is 0.199 e. The molecule has 0 radical (unpaired) electrons. The number of nitrogen functional groups attached to an aromatic ring is 1. The molecule has 30 heavy (non-hydrogen) atoms. The monoisotopic (exact) mass is 411 g/mol. The molecule has 5 N–H and O–H groups in total. The molecule has 0 saturated heterocycles. The molecule has 158 valence electrons. The smallest absolute Gasteiger partial charge is 0.199 e. The van der Waals surface area contributed by atoms with Gasteiger partial charge in [0.05, 0.1) is 12.8 Å². The van der Waals surface area contributed by atoms with E-state index in [1.54, 1.807) is 20.0 Å². The Hall–Kier alpha value is -3.16. The minimum Gasteiger partial charge on any atom is -0.489 e. The van der Waals surface area contributed by atoms with E-state index in [0.717, 1.165) is 18.4 Å². The maximum absolute atomic E-state index is 10.00. The number of imidazole rings is 1. The van der Waals surface area contributed by atoms with Crippen LogP contribution in [0.4, 0.5) is 5.82 Å². The van der Waals surface area contributed by atoms with Crippen molar-refractivity contribution in [3.8, 4) is 29.1 Å². The van der Waals surface area contributed by atoms with Gasteiger partial charge in [0.2, 0.25) is 0 Å². The van der Waals surface area contributed by atoms with Gasteiger partial charge in [-0.25, -0.2) is 14.6 Å². The van der Waals surface area contributed by atoms with E-state index in [0.29, 0.717) is 48.2 Å². The second kappa shape index (κ2) is 7.27. The van der Waals surface area contributed by atoms with Gasteiger partial charge in [0.15, 0.2) is 23.1 Å². The van der Waals surface area contributed by atoms with Crippen LogP contribution in [0.15, 0.2) is 10.8 Å². The summed E-state index contributed by atoms with van der Waals surface area (Å²) in [5.74, 6) is 6.90. The van der Waals surface area contributed by atoms with Crippen LogP contribution in [0.5, 0.6) is 5.75 Å². The lowest BCUT2D eigenvalue weighted by atomic mass is 10.1. The van der Waals surface area contributed by atoms with Crippen molar-refractivity contribution in [1.29, 1.82) is 0 Å². The van der Waals surface area contributed by atoms with Crippen LogP contribution in [-0.4, -0.2) is 48.7 Å². The summed E-state index contributed by atoms with van der Waals surface area (Å²) in [7, 11) is 0. The van der Waals surface area contributed by atoms with E-state index in [2.05, 4.69) is 27.1 Å². The summed E-state index contributed by atoms with van der Waals surface area (Å²) < 4.78 is 12.8. The Morgan fingerprint density at radius 3 is 2.70 bits per heavy atom. The molecule has 1 aliphatic carbocycles. The Balaban J connectivity index is 1.89. The number of nitrogens with zero attached hydrogens (tertiary/aromatic N) is 5. The van der Waals surface area contributed by atoms with E-state index in [1.807, 2.05) is 11.5 Å². The first kappa shape index (κ1) is 20.1. The molecule has 10 nitrogen and oxygen atoms in total. The van der Waals surface area contributed by atoms with E-state index in [9.17, 15) is 5.11 Å². The molecule has 0 amide bonds. The van der Waals surface area contributed by atoms with Crippen LogP contribution in [0.25, 0.3) is 22.6 Å². The summed E-state index contributed by atoms with van der Waals surface area (Å²) in [4.78, 5) is 9.14. The van der Waals surface area contributed by atoms with Gasteiger partial charge in [-0.1, -0.05) is 5.92 Å². The van der Waals surface area contributed by atoms with Crippen LogP contribution in [-0.2, 0) is 6.54 Å². The maximum atomic E-state index is 10.00. The molecule has 4 rings (SSSR count). The van der Waals surface area contributed by atoms with Crippen LogP contribution >= 0.6 is 0 Å². The Kier molecular flexibility index (Phi) is 4.88. The van der Waals surface area contributed by atoms with E-state index in [-0.39, 0.29) is 11.2 Å². The van der Waals surface area contributed by atoms with Crippen molar-refractivity contribution >= 4 is 16.9 Å². The van der Waals surface area contributed by atoms with E-state index < -0.39 is 5.60 Å². The van der Waals surface area contributed by atoms with Gasteiger partial charge >= 0.3 is 0 Å². The van der Waals surface area contributed by atoms with E-state index in [1.165, 1.54) is 0 Å². The first-order chi connectivity index (χ1) is 14.3. The Morgan fingerprint density at radius 1 is 1.37 bits per heavy atom. The molecule has 1 saturated carbocycles. The zero-order chi connectivity index (χ0) is 21.5. The number of aryl methyl sites for hydroxylation is 1. The second-order valence-electron chi connectivity index (χ2n) is 8.15. The quantitative estimate of drug-likeness (QED) is 0.510. The van der Waals surface area contributed by atoms with E-state index >= 15 is 0 Å². The van der Waals surface area contributed by atoms with Gasteiger partial charge in [0, 0.05) is 18.5 Å². The van der Waals surface area contributed by atoms with Crippen molar-refractivity contribution in [2.45, 2.75) is 45.8 Å². The van der Waals surface area contributed by atoms with Gasteiger partial charge in [-0.2, -0.15) is 0 Å². The number of nitrogens with two attached hydrogens (primary N) is 2. The first-order valence-corrected chi connectivity index (χ1v) is 9.83. The summed E-state index contributed by atoms with van der Waals surface area (Å²) in [6.45, 7) is 6.84. The predicted octanol–water partition coefficient (Wildman–Crippen LogP) is 1.32. The number of ether oxygens (including phenoxy) is 1. The molecule has 0 aromatic carbocycles. The highest BCUT2D eigenvalue weighted by atomic mass is 16.6. The van der Waals surface area contributed by atoms with Crippen LogP contribution < -0.4 is 16.2 Å². The van der Waals surface area contributed by atoms with Gasteiger partial charge in [-0.15, -0.1) is 0 Å².